The van der Waals surface area contributed by atoms with Crippen molar-refractivity contribution in [3.05, 3.63) is 0 Å². The van der Waals surface area contributed by atoms with Crippen LogP contribution in [0, 0.1) is 17.8 Å². The molecule has 2 aliphatic rings. The van der Waals surface area contributed by atoms with Crippen LogP contribution >= 0.6 is 0 Å². The fourth-order valence-corrected chi connectivity index (χ4v) is 3.70. The summed E-state index contributed by atoms with van der Waals surface area (Å²) in [5, 5.41) is 0. The molecular formula is C15H30N2O. The summed E-state index contributed by atoms with van der Waals surface area (Å²) < 4.78 is 5.57. The molecule has 0 radical (unpaired) electrons. The Labute approximate surface area is 112 Å². The first-order valence-corrected chi connectivity index (χ1v) is 7.76. The number of ether oxygens (including phenoxy) is 1. The molecule has 0 aromatic heterocycles. The van der Waals surface area contributed by atoms with Crippen LogP contribution < -0.4 is 5.73 Å². The highest BCUT2D eigenvalue weighted by Crippen LogP contribution is 2.30. The molecule has 2 fully saturated rings. The Balaban J connectivity index is 1.73. The van der Waals surface area contributed by atoms with Crippen LogP contribution in [-0.4, -0.2) is 44.8 Å². The van der Waals surface area contributed by atoms with Crippen LogP contribution in [0.25, 0.3) is 0 Å². The maximum Gasteiger partial charge on any atom is 0.0506 e. The largest absolute Gasteiger partial charge is 0.381 e. The van der Waals surface area contributed by atoms with Gasteiger partial charge in [-0.3, -0.25) is 0 Å². The molecule has 1 heterocycles. The molecule has 1 saturated heterocycles. The zero-order chi connectivity index (χ0) is 12.8. The number of nitrogens with two attached hydrogens (primary N) is 1. The highest BCUT2D eigenvalue weighted by molar-refractivity contribution is 4.79. The molecule has 2 rings (SSSR count). The summed E-state index contributed by atoms with van der Waals surface area (Å²) in [6.07, 6.45) is 8.11. The Morgan fingerprint density at radius 1 is 1.06 bits per heavy atom. The molecule has 106 valence electrons. The number of nitrogens with zero attached hydrogens (tertiary/aromatic N) is 1. The van der Waals surface area contributed by atoms with Gasteiger partial charge in [-0.1, -0.05) is 12.8 Å². The van der Waals surface area contributed by atoms with E-state index in [0.29, 0.717) is 0 Å². The van der Waals surface area contributed by atoms with E-state index in [9.17, 15) is 0 Å². The third kappa shape index (κ3) is 4.22. The minimum Gasteiger partial charge on any atom is -0.381 e. The third-order valence-electron chi connectivity index (χ3n) is 4.74. The second-order valence-electron chi connectivity index (χ2n) is 6.34. The molecule has 0 aromatic carbocycles. The van der Waals surface area contributed by atoms with Gasteiger partial charge in [-0.05, 0) is 57.0 Å². The highest BCUT2D eigenvalue weighted by atomic mass is 16.5. The van der Waals surface area contributed by atoms with Crippen molar-refractivity contribution in [2.45, 2.75) is 38.5 Å². The lowest BCUT2D eigenvalue weighted by molar-refractivity contribution is 0.0374. The predicted octanol–water partition coefficient (Wildman–Crippen LogP) is 2.11. The van der Waals surface area contributed by atoms with Crippen molar-refractivity contribution >= 4 is 0 Å². The van der Waals surface area contributed by atoms with Crippen LogP contribution in [0.4, 0.5) is 0 Å². The quantitative estimate of drug-likeness (QED) is 0.816. The molecule has 2 N–H and O–H groups in total. The van der Waals surface area contributed by atoms with Crippen molar-refractivity contribution in [3.8, 4) is 0 Å². The van der Waals surface area contributed by atoms with Gasteiger partial charge >= 0.3 is 0 Å². The van der Waals surface area contributed by atoms with Gasteiger partial charge in [-0.2, -0.15) is 0 Å². The van der Waals surface area contributed by atoms with Gasteiger partial charge in [0.15, 0.2) is 0 Å². The SMILES string of the molecule is CN(CC1CCCOC1)CC1CCCCC1CN. The predicted molar refractivity (Wildman–Crippen MR) is 75.5 cm³/mol. The third-order valence-corrected chi connectivity index (χ3v) is 4.74. The van der Waals surface area contributed by atoms with E-state index in [4.69, 9.17) is 10.5 Å². The molecule has 3 nitrogen and oxygen atoms in total. The fourth-order valence-electron chi connectivity index (χ4n) is 3.70. The van der Waals surface area contributed by atoms with Crippen LogP contribution in [0.3, 0.4) is 0 Å². The van der Waals surface area contributed by atoms with E-state index in [1.807, 2.05) is 0 Å². The van der Waals surface area contributed by atoms with E-state index in [-0.39, 0.29) is 0 Å². The average molecular weight is 254 g/mol. The van der Waals surface area contributed by atoms with E-state index in [0.717, 1.165) is 37.5 Å². The standard InChI is InChI=1S/C15H30N2O/c1-17(10-13-5-4-8-18-12-13)11-15-7-3-2-6-14(15)9-16/h13-15H,2-12,16H2,1H3. The van der Waals surface area contributed by atoms with Gasteiger partial charge in [0.05, 0.1) is 6.61 Å². The van der Waals surface area contributed by atoms with Gasteiger partial charge in [0.25, 0.3) is 0 Å². The minimum absolute atomic E-state index is 0.753. The summed E-state index contributed by atoms with van der Waals surface area (Å²) >= 11 is 0. The summed E-state index contributed by atoms with van der Waals surface area (Å²) in [6, 6.07) is 0. The molecule has 0 aromatic rings. The first-order valence-electron chi connectivity index (χ1n) is 7.76. The van der Waals surface area contributed by atoms with Crippen molar-refractivity contribution in [2.24, 2.45) is 23.5 Å². The van der Waals surface area contributed by atoms with Crippen LogP contribution in [0.2, 0.25) is 0 Å². The number of rotatable bonds is 5. The first kappa shape index (κ1) is 14.3. The molecule has 1 aliphatic heterocycles. The van der Waals surface area contributed by atoms with Crippen LogP contribution in [-0.2, 0) is 4.74 Å². The van der Waals surface area contributed by atoms with Gasteiger partial charge in [0.1, 0.15) is 0 Å². The van der Waals surface area contributed by atoms with E-state index in [1.165, 1.54) is 51.6 Å². The first-order chi connectivity index (χ1) is 8.79. The highest BCUT2D eigenvalue weighted by Gasteiger charge is 2.25. The van der Waals surface area contributed by atoms with Crippen molar-refractivity contribution in [2.75, 3.05) is 39.9 Å². The Morgan fingerprint density at radius 3 is 2.50 bits per heavy atom. The van der Waals surface area contributed by atoms with Gasteiger partial charge in [0, 0.05) is 19.7 Å². The van der Waals surface area contributed by atoms with E-state index in [1.54, 1.807) is 0 Å². The van der Waals surface area contributed by atoms with Gasteiger partial charge in [-0.25, -0.2) is 0 Å². The van der Waals surface area contributed by atoms with E-state index < -0.39 is 0 Å². The summed E-state index contributed by atoms with van der Waals surface area (Å²) in [5.74, 6) is 2.35. The normalized spacial score (nSPS) is 33.8. The molecule has 0 spiro atoms. The summed E-state index contributed by atoms with van der Waals surface area (Å²) in [4.78, 5) is 2.53. The van der Waals surface area contributed by atoms with Crippen molar-refractivity contribution in [1.29, 1.82) is 0 Å². The molecule has 1 aliphatic carbocycles. The second kappa shape index (κ2) is 7.46. The molecular weight excluding hydrogens is 224 g/mol. The Hall–Kier alpha value is -0.120. The smallest absolute Gasteiger partial charge is 0.0506 e. The zero-order valence-electron chi connectivity index (χ0n) is 11.9. The molecule has 3 unspecified atom stereocenters. The molecule has 18 heavy (non-hydrogen) atoms. The lowest BCUT2D eigenvalue weighted by Crippen LogP contribution is -2.38. The molecule has 3 atom stereocenters. The Morgan fingerprint density at radius 2 is 1.83 bits per heavy atom. The van der Waals surface area contributed by atoms with Crippen LogP contribution in [0.15, 0.2) is 0 Å². The van der Waals surface area contributed by atoms with Crippen LogP contribution in [0.5, 0.6) is 0 Å². The van der Waals surface area contributed by atoms with E-state index >= 15 is 0 Å². The second-order valence-corrected chi connectivity index (χ2v) is 6.34. The van der Waals surface area contributed by atoms with Gasteiger partial charge in [0.2, 0.25) is 0 Å². The van der Waals surface area contributed by atoms with Crippen molar-refractivity contribution in [3.63, 3.8) is 0 Å². The topological polar surface area (TPSA) is 38.5 Å². The Kier molecular flexibility index (Phi) is 5.93. The number of hydrogen-bond donors (Lipinski definition) is 1. The van der Waals surface area contributed by atoms with Crippen molar-refractivity contribution in [1.82, 2.24) is 4.90 Å². The molecule has 0 bridgehead atoms. The monoisotopic (exact) mass is 254 g/mol. The van der Waals surface area contributed by atoms with Crippen molar-refractivity contribution < 1.29 is 4.74 Å². The van der Waals surface area contributed by atoms with Gasteiger partial charge < -0.3 is 15.4 Å². The van der Waals surface area contributed by atoms with Crippen LogP contribution in [0.1, 0.15) is 38.5 Å². The van der Waals surface area contributed by atoms with Gasteiger partial charge in [-0.15, -0.1) is 0 Å². The zero-order valence-corrected chi connectivity index (χ0v) is 11.9. The lowest BCUT2D eigenvalue weighted by Gasteiger charge is -2.35. The summed E-state index contributed by atoms with van der Waals surface area (Å²) in [5.41, 5.74) is 5.92. The molecule has 3 heteroatoms. The maximum absolute atomic E-state index is 5.92. The minimum atomic E-state index is 0.753. The maximum atomic E-state index is 5.92. The number of hydrogen-bond acceptors (Lipinski definition) is 3. The lowest BCUT2D eigenvalue weighted by atomic mass is 9.79. The average Bonchev–Trinajstić information content (AvgIpc) is 2.40. The molecule has 1 saturated carbocycles. The summed E-state index contributed by atoms with van der Waals surface area (Å²) in [6.45, 7) is 5.25. The fraction of sp³-hybridized carbons (Fsp3) is 1.00. The van der Waals surface area contributed by atoms with E-state index in [2.05, 4.69) is 11.9 Å². The summed E-state index contributed by atoms with van der Waals surface area (Å²) in [7, 11) is 2.27. The Bertz CT molecular complexity index is 229. The molecule has 0 amide bonds.